The van der Waals surface area contributed by atoms with Crippen LogP contribution in [0.3, 0.4) is 0 Å². The Balaban J connectivity index is 2.96. The smallest absolute Gasteiger partial charge is 0.406 e. The summed E-state index contributed by atoms with van der Waals surface area (Å²) in [4.78, 5) is 3.83. The maximum absolute atomic E-state index is 11.9. The van der Waals surface area contributed by atoms with Crippen molar-refractivity contribution in [3.8, 4) is 5.75 Å². The van der Waals surface area contributed by atoms with Gasteiger partial charge in [0.1, 0.15) is 5.75 Å². The van der Waals surface area contributed by atoms with Crippen LogP contribution in [0.4, 0.5) is 13.2 Å². The minimum Gasteiger partial charge on any atom is -0.406 e. The summed E-state index contributed by atoms with van der Waals surface area (Å²) in [5, 5.41) is 0. The molecule has 1 aromatic rings. The summed E-state index contributed by atoms with van der Waals surface area (Å²) in [5.41, 5.74) is 2.29. The maximum atomic E-state index is 11.9. The Morgan fingerprint density at radius 2 is 1.71 bits per heavy atom. The third-order valence-electron chi connectivity index (χ3n) is 1.99. The van der Waals surface area contributed by atoms with Crippen LogP contribution in [0.15, 0.2) is 34.8 Å². The monoisotopic (exact) mass is 243 g/mol. The van der Waals surface area contributed by atoms with E-state index in [9.17, 15) is 13.2 Å². The molecule has 1 rings (SSSR count). The van der Waals surface area contributed by atoms with E-state index in [0.29, 0.717) is 11.3 Å². The summed E-state index contributed by atoms with van der Waals surface area (Å²) in [6.07, 6.45) is -4.67. The van der Waals surface area contributed by atoms with Crippen LogP contribution in [0.1, 0.15) is 19.4 Å². The first kappa shape index (κ1) is 13.3. The maximum Gasteiger partial charge on any atom is 0.573 e. The van der Waals surface area contributed by atoms with Gasteiger partial charge in [-0.25, -0.2) is 0 Å². The van der Waals surface area contributed by atoms with Crippen molar-refractivity contribution >= 4 is 12.4 Å². The highest BCUT2D eigenvalue weighted by atomic mass is 19.4. The predicted octanol–water partition coefficient (Wildman–Crippen LogP) is 4.04. The van der Waals surface area contributed by atoms with Crippen LogP contribution in [0.2, 0.25) is 0 Å². The van der Waals surface area contributed by atoms with Gasteiger partial charge in [-0.15, -0.1) is 13.2 Å². The van der Waals surface area contributed by atoms with Crippen LogP contribution in [0, 0.1) is 0 Å². The van der Waals surface area contributed by atoms with Gasteiger partial charge in [0.2, 0.25) is 0 Å². The van der Waals surface area contributed by atoms with E-state index in [0.717, 1.165) is 5.57 Å². The predicted molar refractivity (Wildman–Crippen MR) is 60.9 cm³/mol. The summed E-state index contributed by atoms with van der Waals surface area (Å²) in [6.45, 7) is 7.12. The fourth-order valence-corrected chi connectivity index (χ4v) is 1.35. The quantitative estimate of drug-likeness (QED) is 0.734. The number of benzene rings is 1. The number of halogens is 3. The molecule has 2 nitrogen and oxygen atoms in total. The average molecular weight is 243 g/mol. The number of aliphatic imine (C=N–C) groups is 1. The molecule has 0 aromatic heterocycles. The third kappa shape index (κ3) is 3.94. The van der Waals surface area contributed by atoms with E-state index in [-0.39, 0.29) is 5.75 Å². The molecule has 1 aromatic carbocycles. The van der Waals surface area contributed by atoms with Crippen LogP contribution in [0.5, 0.6) is 5.75 Å². The van der Waals surface area contributed by atoms with Crippen LogP contribution in [0.25, 0.3) is 5.70 Å². The Morgan fingerprint density at radius 3 is 2.06 bits per heavy atom. The van der Waals surface area contributed by atoms with E-state index in [2.05, 4.69) is 16.4 Å². The van der Waals surface area contributed by atoms with Gasteiger partial charge >= 0.3 is 6.36 Å². The van der Waals surface area contributed by atoms with Gasteiger partial charge in [-0.05, 0) is 44.8 Å². The molecule has 92 valence electrons. The van der Waals surface area contributed by atoms with Gasteiger partial charge in [0, 0.05) is 5.56 Å². The molecule has 0 N–H and O–H groups in total. The van der Waals surface area contributed by atoms with E-state index < -0.39 is 6.36 Å². The van der Waals surface area contributed by atoms with E-state index in [1.54, 1.807) is 0 Å². The SMILES string of the molecule is C=NC(=C(C)C)c1ccc(OC(F)(F)F)cc1. The molecule has 0 bridgehead atoms. The Bertz CT molecular complexity index is 428. The molecule has 5 heteroatoms. The highest BCUT2D eigenvalue weighted by Gasteiger charge is 2.30. The van der Waals surface area contributed by atoms with Gasteiger partial charge in [0.15, 0.2) is 0 Å². The van der Waals surface area contributed by atoms with Crippen molar-refractivity contribution in [3.05, 3.63) is 35.4 Å². The van der Waals surface area contributed by atoms with Crippen molar-refractivity contribution in [1.29, 1.82) is 0 Å². The molecule has 0 amide bonds. The lowest BCUT2D eigenvalue weighted by atomic mass is 10.1. The fraction of sp³-hybridized carbons (Fsp3) is 0.250. The molecule has 0 heterocycles. The molecule has 0 aliphatic carbocycles. The van der Waals surface area contributed by atoms with Crippen LogP contribution in [-0.4, -0.2) is 13.1 Å². The van der Waals surface area contributed by atoms with Crippen molar-refractivity contribution in [3.63, 3.8) is 0 Å². The molecule has 0 aliphatic heterocycles. The van der Waals surface area contributed by atoms with Gasteiger partial charge in [0.05, 0.1) is 5.70 Å². The highest BCUT2D eigenvalue weighted by Crippen LogP contribution is 2.26. The number of nitrogens with zero attached hydrogens (tertiary/aromatic N) is 1. The number of ether oxygens (including phenoxy) is 1. The topological polar surface area (TPSA) is 21.6 Å². The number of hydrogen-bond acceptors (Lipinski definition) is 2. The molecular weight excluding hydrogens is 231 g/mol. The van der Waals surface area contributed by atoms with Gasteiger partial charge in [-0.1, -0.05) is 5.57 Å². The van der Waals surface area contributed by atoms with E-state index in [4.69, 9.17) is 0 Å². The largest absolute Gasteiger partial charge is 0.573 e. The highest BCUT2D eigenvalue weighted by molar-refractivity contribution is 5.70. The summed E-state index contributed by atoms with van der Waals surface area (Å²) in [5.74, 6) is -0.251. The van der Waals surface area contributed by atoms with E-state index >= 15 is 0 Å². The van der Waals surface area contributed by atoms with E-state index in [1.165, 1.54) is 24.3 Å². The lowest BCUT2D eigenvalue weighted by Crippen LogP contribution is -2.16. The summed E-state index contributed by atoms with van der Waals surface area (Å²) in [7, 11) is 0. The van der Waals surface area contributed by atoms with Gasteiger partial charge in [-0.3, -0.25) is 4.99 Å². The van der Waals surface area contributed by atoms with Crippen molar-refractivity contribution in [2.24, 2.45) is 4.99 Å². The van der Waals surface area contributed by atoms with Crippen molar-refractivity contribution in [2.75, 3.05) is 0 Å². The van der Waals surface area contributed by atoms with Gasteiger partial charge in [-0.2, -0.15) is 0 Å². The minimum absolute atomic E-state index is 0.251. The van der Waals surface area contributed by atoms with Gasteiger partial charge < -0.3 is 4.74 Å². The first-order valence-electron chi connectivity index (χ1n) is 4.84. The summed E-state index contributed by atoms with van der Waals surface area (Å²) in [6, 6.07) is 5.52. The molecule has 0 saturated carbocycles. The average Bonchev–Trinajstić information content (AvgIpc) is 2.18. The zero-order chi connectivity index (χ0) is 13.1. The van der Waals surface area contributed by atoms with Gasteiger partial charge in [0.25, 0.3) is 0 Å². The van der Waals surface area contributed by atoms with Crippen LogP contribution < -0.4 is 4.74 Å². The van der Waals surface area contributed by atoms with Crippen LogP contribution >= 0.6 is 0 Å². The second-order valence-corrected chi connectivity index (χ2v) is 3.58. The molecule has 0 radical (unpaired) electrons. The van der Waals surface area contributed by atoms with Crippen LogP contribution in [-0.2, 0) is 0 Å². The first-order valence-corrected chi connectivity index (χ1v) is 4.84. The molecule has 0 unspecified atom stereocenters. The standard InChI is InChI=1S/C12H12F3NO/c1-8(2)11(16-3)9-4-6-10(7-5-9)17-12(13,14)15/h4-7H,3H2,1-2H3. The molecule has 17 heavy (non-hydrogen) atoms. The molecule has 0 fully saturated rings. The Morgan fingerprint density at radius 1 is 1.18 bits per heavy atom. The minimum atomic E-state index is -4.67. The van der Waals surface area contributed by atoms with Crippen molar-refractivity contribution in [1.82, 2.24) is 0 Å². The lowest BCUT2D eigenvalue weighted by Gasteiger charge is -2.09. The number of alkyl halides is 3. The molecular formula is C12H12F3NO. The zero-order valence-corrected chi connectivity index (χ0v) is 9.51. The van der Waals surface area contributed by atoms with Crippen molar-refractivity contribution < 1.29 is 17.9 Å². The van der Waals surface area contributed by atoms with E-state index in [1.807, 2.05) is 13.8 Å². The zero-order valence-electron chi connectivity index (χ0n) is 9.51. The number of allylic oxidation sites excluding steroid dienone is 1. The second kappa shape index (κ2) is 5.03. The molecule has 0 spiro atoms. The molecule has 0 saturated heterocycles. The third-order valence-corrected chi connectivity index (χ3v) is 1.99. The Kier molecular flexibility index (Phi) is 3.93. The normalized spacial score (nSPS) is 10.9. The fourth-order valence-electron chi connectivity index (χ4n) is 1.35. The number of hydrogen-bond donors (Lipinski definition) is 0. The Labute approximate surface area is 97.4 Å². The second-order valence-electron chi connectivity index (χ2n) is 3.58. The molecule has 0 aliphatic rings. The number of rotatable bonds is 3. The van der Waals surface area contributed by atoms with Crippen molar-refractivity contribution in [2.45, 2.75) is 20.2 Å². The molecule has 0 atom stereocenters. The first-order chi connectivity index (χ1) is 7.83. The summed E-state index contributed by atoms with van der Waals surface area (Å²) < 4.78 is 39.6. The summed E-state index contributed by atoms with van der Waals surface area (Å²) >= 11 is 0. The Hall–Kier alpha value is -1.78. The lowest BCUT2D eigenvalue weighted by molar-refractivity contribution is -0.274.